The first-order valence-electron chi connectivity index (χ1n) is 8.92. The summed E-state index contributed by atoms with van der Waals surface area (Å²) < 4.78 is 6.09. The van der Waals surface area contributed by atoms with E-state index in [0.29, 0.717) is 29.5 Å². The molecule has 0 unspecified atom stereocenters. The van der Waals surface area contributed by atoms with Crippen molar-refractivity contribution in [2.45, 2.75) is 13.0 Å². The lowest BCUT2D eigenvalue weighted by Crippen LogP contribution is -2.56. The maximum Gasteiger partial charge on any atom is 0.520 e. The average molecular weight is 387 g/mol. The van der Waals surface area contributed by atoms with Crippen molar-refractivity contribution in [2.75, 3.05) is 19.6 Å². The predicted octanol–water partition coefficient (Wildman–Crippen LogP) is 2.69. The summed E-state index contributed by atoms with van der Waals surface area (Å²) in [6, 6.07) is 13.1. The average Bonchev–Trinajstić information content (AvgIpc) is 2.84. The number of hydrogen-bond acceptors (Lipinski definition) is 5. The predicted molar refractivity (Wildman–Crippen MR) is 105 cm³/mol. The SMILES string of the molecule is C[C@@H](C(=O)[OH2+])[C@H]1CN(C2=Nc3cc(Cl)ccc3Oc3ccccc32)CCN1. The number of nitrogens with zero attached hydrogens (tertiary/aromatic N) is 2. The molecule has 1 fully saturated rings. The summed E-state index contributed by atoms with van der Waals surface area (Å²) in [5.41, 5.74) is 1.57. The van der Waals surface area contributed by atoms with Gasteiger partial charge in [0.2, 0.25) is 0 Å². The molecule has 27 heavy (non-hydrogen) atoms. The zero-order chi connectivity index (χ0) is 19.0. The standard InChI is InChI=1S/C20H20ClN3O3/c1-12(20(25)26)16-11-24(9-8-22-16)19-14-4-2-3-5-17(14)27-18-7-6-13(21)10-15(18)23-19/h2-7,10,12,16,22H,8-9,11H2,1H3,(H,25,26)/p+1/t12-,16-/m1/s1. The summed E-state index contributed by atoms with van der Waals surface area (Å²) in [4.78, 5) is 18.6. The van der Waals surface area contributed by atoms with Crippen LogP contribution in [0.5, 0.6) is 11.5 Å². The molecular weight excluding hydrogens is 366 g/mol. The van der Waals surface area contributed by atoms with Crippen LogP contribution in [0.2, 0.25) is 5.02 Å². The zero-order valence-electron chi connectivity index (χ0n) is 14.9. The first-order chi connectivity index (χ1) is 13.0. The quantitative estimate of drug-likeness (QED) is 0.805. The van der Waals surface area contributed by atoms with E-state index in [-0.39, 0.29) is 12.0 Å². The van der Waals surface area contributed by atoms with Crippen LogP contribution < -0.4 is 10.1 Å². The lowest BCUT2D eigenvalue weighted by Gasteiger charge is -2.36. The van der Waals surface area contributed by atoms with Gasteiger partial charge in [-0.05, 0) is 37.3 Å². The van der Waals surface area contributed by atoms with Crippen LogP contribution in [0.25, 0.3) is 0 Å². The highest BCUT2D eigenvalue weighted by molar-refractivity contribution is 6.31. The molecule has 2 aromatic carbocycles. The molecule has 0 saturated carbocycles. The molecule has 2 aromatic rings. The number of halogens is 1. The number of aliphatic imine (C=N–C) groups is 1. The minimum absolute atomic E-state index is 0.0957. The number of ether oxygens (including phenoxy) is 1. The fourth-order valence-corrected chi connectivity index (χ4v) is 3.59. The second kappa shape index (κ2) is 7.21. The second-order valence-electron chi connectivity index (χ2n) is 6.81. The van der Waals surface area contributed by atoms with E-state index in [2.05, 4.69) is 10.2 Å². The van der Waals surface area contributed by atoms with Gasteiger partial charge in [0.05, 0.1) is 5.56 Å². The Balaban J connectivity index is 1.76. The van der Waals surface area contributed by atoms with E-state index in [0.717, 1.165) is 23.7 Å². The van der Waals surface area contributed by atoms with Crippen LogP contribution in [0.3, 0.4) is 0 Å². The van der Waals surface area contributed by atoms with Gasteiger partial charge in [-0.25, -0.2) is 4.99 Å². The Morgan fingerprint density at radius 1 is 1.33 bits per heavy atom. The number of para-hydroxylation sites is 1. The van der Waals surface area contributed by atoms with E-state index in [1.165, 1.54) is 0 Å². The topological polar surface area (TPSA) is 76.8 Å². The van der Waals surface area contributed by atoms with Crippen LogP contribution in [0, 0.1) is 5.92 Å². The van der Waals surface area contributed by atoms with Crippen molar-refractivity contribution in [2.24, 2.45) is 10.9 Å². The van der Waals surface area contributed by atoms with Crippen LogP contribution >= 0.6 is 11.6 Å². The number of hydrogen-bond donors (Lipinski definition) is 1. The molecule has 0 amide bonds. The van der Waals surface area contributed by atoms with Crippen molar-refractivity contribution in [3.05, 3.63) is 53.1 Å². The van der Waals surface area contributed by atoms with Gasteiger partial charge in [-0.15, -0.1) is 0 Å². The first kappa shape index (κ1) is 17.8. The minimum atomic E-state index is -0.557. The molecule has 6 nitrogen and oxygen atoms in total. The number of fused-ring (bicyclic) bond motifs is 2. The van der Waals surface area contributed by atoms with Gasteiger partial charge in [0.15, 0.2) is 5.75 Å². The van der Waals surface area contributed by atoms with E-state index >= 15 is 0 Å². The van der Waals surface area contributed by atoms with E-state index < -0.39 is 5.97 Å². The van der Waals surface area contributed by atoms with Gasteiger partial charge in [-0.3, -0.25) is 0 Å². The minimum Gasteiger partial charge on any atom is -0.564 e. The lowest BCUT2D eigenvalue weighted by atomic mass is 9.99. The van der Waals surface area contributed by atoms with Crippen molar-refractivity contribution < 1.29 is 14.6 Å². The molecule has 0 bridgehead atoms. The Bertz CT molecular complexity index is 915. The number of piperazine rings is 1. The maximum atomic E-state index is 11.5. The van der Waals surface area contributed by atoms with Gasteiger partial charge >= 0.3 is 5.97 Å². The lowest BCUT2D eigenvalue weighted by molar-refractivity contribution is -0.142. The Labute approximate surface area is 162 Å². The highest BCUT2D eigenvalue weighted by atomic mass is 35.5. The molecule has 0 aromatic heterocycles. The monoisotopic (exact) mass is 386 g/mol. The van der Waals surface area contributed by atoms with Crippen LogP contribution in [0.1, 0.15) is 12.5 Å². The largest absolute Gasteiger partial charge is 0.564 e. The van der Waals surface area contributed by atoms with Gasteiger partial charge in [0, 0.05) is 35.5 Å². The van der Waals surface area contributed by atoms with Gasteiger partial charge in [-0.2, -0.15) is 0 Å². The van der Waals surface area contributed by atoms with Gasteiger partial charge in [-0.1, -0.05) is 23.7 Å². The third kappa shape index (κ3) is 3.50. The van der Waals surface area contributed by atoms with Gasteiger partial charge in [0.25, 0.3) is 0 Å². The second-order valence-corrected chi connectivity index (χ2v) is 7.24. The summed E-state index contributed by atoms with van der Waals surface area (Å²) in [6.45, 7) is 3.84. The van der Waals surface area contributed by atoms with Crippen LogP contribution in [0.4, 0.5) is 5.69 Å². The Morgan fingerprint density at radius 3 is 2.96 bits per heavy atom. The van der Waals surface area contributed by atoms with Crippen molar-refractivity contribution in [1.29, 1.82) is 0 Å². The highest BCUT2D eigenvalue weighted by Crippen LogP contribution is 2.39. The molecule has 0 radical (unpaired) electrons. The number of nitrogens with one attached hydrogen (secondary N) is 1. The van der Waals surface area contributed by atoms with E-state index in [4.69, 9.17) is 26.4 Å². The van der Waals surface area contributed by atoms with Crippen LogP contribution in [0.15, 0.2) is 47.5 Å². The number of rotatable bonds is 2. The molecule has 2 aliphatic heterocycles. The van der Waals surface area contributed by atoms with Crippen molar-refractivity contribution in [3.63, 3.8) is 0 Å². The number of benzene rings is 2. The van der Waals surface area contributed by atoms with E-state index in [1.807, 2.05) is 30.3 Å². The van der Waals surface area contributed by atoms with Crippen molar-refractivity contribution in [1.82, 2.24) is 10.2 Å². The van der Waals surface area contributed by atoms with Crippen molar-refractivity contribution in [3.8, 4) is 11.5 Å². The van der Waals surface area contributed by atoms with Crippen molar-refractivity contribution >= 4 is 29.1 Å². The number of amidine groups is 1. The summed E-state index contributed by atoms with van der Waals surface area (Å²) in [6.07, 6.45) is 0. The smallest absolute Gasteiger partial charge is 0.520 e. The number of carbonyl (C=O) groups excluding carboxylic acids is 1. The molecular formula is C20H21ClN3O3+. The Morgan fingerprint density at radius 2 is 2.15 bits per heavy atom. The van der Waals surface area contributed by atoms with E-state index in [1.54, 1.807) is 19.1 Å². The molecule has 140 valence electrons. The molecule has 3 N–H and O–H groups in total. The summed E-state index contributed by atoms with van der Waals surface area (Å²) in [5, 5.41) is 11.4. The summed E-state index contributed by atoms with van der Waals surface area (Å²) in [5.74, 6) is 1.24. The van der Waals surface area contributed by atoms with Crippen LogP contribution in [-0.2, 0) is 4.79 Å². The Kier molecular flexibility index (Phi) is 4.76. The zero-order valence-corrected chi connectivity index (χ0v) is 15.7. The summed E-state index contributed by atoms with van der Waals surface area (Å²) >= 11 is 6.17. The maximum absolute atomic E-state index is 11.5. The molecule has 2 aliphatic rings. The molecule has 2 heterocycles. The van der Waals surface area contributed by atoms with Crippen LogP contribution in [-0.4, -0.2) is 47.5 Å². The molecule has 1 saturated heterocycles. The highest BCUT2D eigenvalue weighted by Gasteiger charge is 2.34. The molecule has 0 spiro atoms. The molecule has 4 rings (SSSR count). The third-order valence-corrected chi connectivity index (χ3v) is 5.25. The number of carbonyl (C=O) groups is 1. The summed E-state index contributed by atoms with van der Waals surface area (Å²) in [7, 11) is 0. The molecule has 2 atom stereocenters. The first-order valence-corrected chi connectivity index (χ1v) is 9.30. The fourth-order valence-electron chi connectivity index (χ4n) is 3.43. The van der Waals surface area contributed by atoms with Gasteiger partial charge < -0.3 is 20.1 Å². The fraction of sp³-hybridized carbons (Fsp3) is 0.300. The van der Waals surface area contributed by atoms with Gasteiger partial charge in [0.1, 0.15) is 23.2 Å². The molecule has 0 aliphatic carbocycles. The van der Waals surface area contributed by atoms with E-state index in [9.17, 15) is 4.79 Å². The normalized spacial score (nSPS) is 19.9. The third-order valence-electron chi connectivity index (χ3n) is 5.02. The molecule has 7 heteroatoms. The Hall–Kier alpha value is -2.57.